The molecule has 0 radical (unpaired) electrons. The van der Waals surface area contributed by atoms with Crippen molar-refractivity contribution in [3.8, 4) is 0 Å². The fourth-order valence-corrected chi connectivity index (χ4v) is 1.25. The monoisotopic (exact) mass is 217 g/mol. The minimum atomic E-state index is -0.350. The van der Waals surface area contributed by atoms with E-state index in [1.165, 1.54) is 0 Å². The van der Waals surface area contributed by atoms with Crippen LogP contribution in [0.5, 0.6) is 0 Å². The van der Waals surface area contributed by atoms with Gasteiger partial charge in [0.1, 0.15) is 5.82 Å². The van der Waals surface area contributed by atoms with Gasteiger partial charge in [-0.15, -0.1) is 5.10 Å². The third-order valence-electron chi connectivity index (χ3n) is 1.93. The molecule has 2 N–H and O–H groups in total. The summed E-state index contributed by atoms with van der Waals surface area (Å²) in [5.41, 5.74) is 1.61. The highest BCUT2D eigenvalue weighted by Crippen LogP contribution is 2.08. The molecule has 0 aliphatic carbocycles. The number of aryl methyl sites for hydroxylation is 2. The normalized spacial score (nSPS) is 10.1. The Hall–Kier alpha value is -2.24. The molecule has 6 nitrogen and oxygen atoms in total. The maximum Gasteiger partial charge on any atom is 0.295 e. The summed E-state index contributed by atoms with van der Waals surface area (Å²) >= 11 is 0. The smallest absolute Gasteiger partial charge is 0.295 e. The average molecular weight is 217 g/mol. The number of anilines is 1. The maximum atomic E-state index is 11.7. The highest BCUT2D eigenvalue weighted by atomic mass is 16.2. The van der Waals surface area contributed by atoms with Gasteiger partial charge in [-0.1, -0.05) is 0 Å². The van der Waals surface area contributed by atoms with Gasteiger partial charge in [-0.25, -0.2) is 4.98 Å². The first kappa shape index (κ1) is 10.3. The standard InChI is InChI=1S/C10H11N5O/c1-6-3-8(5-11-4-6)13-10(16)9-12-7(2)14-15-9/h3-5H,1-2H3,(H,13,16)(H,12,14,15). The van der Waals surface area contributed by atoms with Gasteiger partial charge in [0, 0.05) is 6.20 Å². The zero-order valence-corrected chi connectivity index (χ0v) is 8.98. The van der Waals surface area contributed by atoms with Crippen LogP contribution in [0.15, 0.2) is 18.5 Å². The molecule has 0 aliphatic heterocycles. The Balaban J connectivity index is 2.13. The number of pyridine rings is 1. The molecule has 0 atom stereocenters. The van der Waals surface area contributed by atoms with E-state index in [-0.39, 0.29) is 11.7 Å². The molecule has 2 heterocycles. The van der Waals surface area contributed by atoms with Gasteiger partial charge in [-0.3, -0.25) is 14.9 Å². The molecule has 6 heteroatoms. The van der Waals surface area contributed by atoms with Crippen LogP contribution in [0.25, 0.3) is 0 Å². The van der Waals surface area contributed by atoms with Gasteiger partial charge >= 0.3 is 0 Å². The van der Waals surface area contributed by atoms with Crippen molar-refractivity contribution in [1.29, 1.82) is 0 Å². The van der Waals surface area contributed by atoms with E-state index in [1.54, 1.807) is 19.3 Å². The molecule has 16 heavy (non-hydrogen) atoms. The number of nitrogens with zero attached hydrogens (tertiary/aromatic N) is 3. The van der Waals surface area contributed by atoms with Gasteiger partial charge in [0.15, 0.2) is 0 Å². The van der Waals surface area contributed by atoms with Gasteiger partial charge in [0.25, 0.3) is 5.91 Å². The van der Waals surface area contributed by atoms with Crippen LogP contribution in [0.1, 0.15) is 22.0 Å². The maximum absolute atomic E-state index is 11.7. The van der Waals surface area contributed by atoms with E-state index in [9.17, 15) is 4.79 Å². The number of H-pyrrole nitrogens is 1. The first-order chi connectivity index (χ1) is 7.65. The summed E-state index contributed by atoms with van der Waals surface area (Å²) in [6, 6.07) is 1.82. The molecule has 1 amide bonds. The van der Waals surface area contributed by atoms with Crippen LogP contribution in [0, 0.1) is 13.8 Å². The number of carbonyl (C=O) groups excluding carboxylic acids is 1. The Morgan fingerprint density at radius 3 is 2.81 bits per heavy atom. The quantitative estimate of drug-likeness (QED) is 0.788. The topological polar surface area (TPSA) is 83.6 Å². The van der Waals surface area contributed by atoms with Crippen molar-refractivity contribution in [1.82, 2.24) is 20.2 Å². The molecule has 2 aromatic rings. The average Bonchev–Trinajstić information content (AvgIpc) is 2.65. The number of aromatic amines is 1. The van der Waals surface area contributed by atoms with Crippen molar-refractivity contribution in [2.45, 2.75) is 13.8 Å². The van der Waals surface area contributed by atoms with E-state index in [2.05, 4.69) is 25.5 Å². The van der Waals surface area contributed by atoms with Crippen molar-refractivity contribution < 1.29 is 4.79 Å². The number of carbonyl (C=O) groups is 1. The van der Waals surface area contributed by atoms with Crippen LogP contribution in [-0.2, 0) is 0 Å². The second kappa shape index (κ2) is 4.09. The third-order valence-corrected chi connectivity index (χ3v) is 1.93. The predicted molar refractivity (Wildman–Crippen MR) is 58.0 cm³/mol. The number of rotatable bonds is 2. The van der Waals surface area contributed by atoms with Gasteiger partial charge in [0.2, 0.25) is 5.82 Å². The highest BCUT2D eigenvalue weighted by Gasteiger charge is 2.11. The SMILES string of the molecule is Cc1cncc(NC(=O)c2n[nH]c(C)n2)c1. The van der Waals surface area contributed by atoms with Gasteiger partial charge in [-0.05, 0) is 25.5 Å². The molecule has 2 aromatic heterocycles. The molecule has 0 bridgehead atoms. The fourth-order valence-electron chi connectivity index (χ4n) is 1.25. The zero-order valence-electron chi connectivity index (χ0n) is 8.98. The minimum absolute atomic E-state index is 0.124. The first-order valence-electron chi connectivity index (χ1n) is 4.77. The molecular weight excluding hydrogens is 206 g/mol. The Kier molecular flexibility index (Phi) is 2.63. The second-order valence-electron chi connectivity index (χ2n) is 3.45. The van der Waals surface area contributed by atoms with Crippen molar-refractivity contribution >= 4 is 11.6 Å². The van der Waals surface area contributed by atoms with Crippen molar-refractivity contribution in [3.05, 3.63) is 35.7 Å². The fraction of sp³-hybridized carbons (Fsp3) is 0.200. The van der Waals surface area contributed by atoms with Crippen molar-refractivity contribution in [3.63, 3.8) is 0 Å². The summed E-state index contributed by atoms with van der Waals surface area (Å²) < 4.78 is 0. The predicted octanol–water partition coefficient (Wildman–Crippen LogP) is 1.07. The molecular formula is C10H11N5O. The lowest BCUT2D eigenvalue weighted by atomic mass is 10.3. The zero-order chi connectivity index (χ0) is 11.5. The van der Waals surface area contributed by atoms with Crippen LogP contribution < -0.4 is 5.32 Å². The van der Waals surface area contributed by atoms with E-state index in [0.717, 1.165) is 5.56 Å². The number of aromatic nitrogens is 4. The van der Waals surface area contributed by atoms with Crippen LogP contribution in [0.3, 0.4) is 0 Å². The molecule has 0 saturated carbocycles. The molecule has 0 unspecified atom stereocenters. The van der Waals surface area contributed by atoms with E-state index in [4.69, 9.17) is 0 Å². The number of hydrogen-bond donors (Lipinski definition) is 2. The third kappa shape index (κ3) is 2.22. The molecule has 0 spiro atoms. The number of hydrogen-bond acceptors (Lipinski definition) is 4. The Labute approximate surface area is 92.1 Å². The lowest BCUT2D eigenvalue weighted by Crippen LogP contribution is -2.14. The number of nitrogens with one attached hydrogen (secondary N) is 2. The molecule has 0 saturated heterocycles. The summed E-state index contributed by atoms with van der Waals surface area (Å²) in [4.78, 5) is 19.6. The minimum Gasteiger partial charge on any atom is -0.318 e. The first-order valence-corrected chi connectivity index (χ1v) is 4.77. The summed E-state index contributed by atoms with van der Waals surface area (Å²) in [6.07, 6.45) is 3.29. The van der Waals surface area contributed by atoms with Crippen LogP contribution in [0.4, 0.5) is 5.69 Å². The highest BCUT2D eigenvalue weighted by molar-refractivity contribution is 6.01. The Morgan fingerprint density at radius 2 is 2.19 bits per heavy atom. The second-order valence-corrected chi connectivity index (χ2v) is 3.45. The van der Waals surface area contributed by atoms with E-state index < -0.39 is 0 Å². The lowest BCUT2D eigenvalue weighted by Gasteiger charge is -2.02. The number of amides is 1. The molecule has 0 aromatic carbocycles. The van der Waals surface area contributed by atoms with Crippen molar-refractivity contribution in [2.75, 3.05) is 5.32 Å². The van der Waals surface area contributed by atoms with Gasteiger partial charge in [0.05, 0.1) is 11.9 Å². The van der Waals surface area contributed by atoms with Crippen LogP contribution in [0.2, 0.25) is 0 Å². The van der Waals surface area contributed by atoms with Gasteiger partial charge in [-0.2, -0.15) is 0 Å². The van der Waals surface area contributed by atoms with Gasteiger partial charge < -0.3 is 5.32 Å². The Bertz CT molecular complexity index is 519. The molecule has 2 rings (SSSR count). The largest absolute Gasteiger partial charge is 0.318 e. The summed E-state index contributed by atoms with van der Waals surface area (Å²) in [6.45, 7) is 3.64. The van der Waals surface area contributed by atoms with Crippen LogP contribution in [-0.4, -0.2) is 26.1 Å². The van der Waals surface area contributed by atoms with Crippen LogP contribution >= 0.6 is 0 Å². The van der Waals surface area contributed by atoms with E-state index in [0.29, 0.717) is 11.5 Å². The molecule has 82 valence electrons. The van der Waals surface area contributed by atoms with Crippen molar-refractivity contribution in [2.24, 2.45) is 0 Å². The van der Waals surface area contributed by atoms with E-state index >= 15 is 0 Å². The molecule has 0 aliphatic rings. The molecule has 0 fully saturated rings. The summed E-state index contributed by atoms with van der Waals surface area (Å²) in [5.74, 6) is 0.378. The van der Waals surface area contributed by atoms with E-state index in [1.807, 2.05) is 13.0 Å². The Morgan fingerprint density at radius 1 is 1.38 bits per heavy atom. The summed E-state index contributed by atoms with van der Waals surface area (Å²) in [7, 11) is 0. The summed E-state index contributed by atoms with van der Waals surface area (Å²) in [5, 5.41) is 9.04. The lowest BCUT2D eigenvalue weighted by molar-refractivity contribution is 0.101.